The molecule has 1 aliphatic heterocycles. The Balaban J connectivity index is 2.00. The van der Waals surface area contributed by atoms with E-state index in [4.69, 9.17) is 33.7 Å². The lowest BCUT2D eigenvalue weighted by molar-refractivity contribution is 0.182. The Morgan fingerprint density at radius 2 is 2.22 bits per heavy atom. The minimum atomic E-state index is -1.15. The van der Waals surface area contributed by atoms with E-state index in [1.54, 1.807) is 18.2 Å². The van der Waals surface area contributed by atoms with Gasteiger partial charge >= 0.3 is 0 Å². The Labute approximate surface area is 119 Å². The van der Waals surface area contributed by atoms with Crippen LogP contribution in [0.25, 0.3) is 0 Å². The Morgan fingerprint density at radius 3 is 2.83 bits per heavy atom. The predicted molar refractivity (Wildman–Crippen MR) is 74.6 cm³/mol. The van der Waals surface area contributed by atoms with Crippen LogP contribution in [0.2, 0.25) is 10.0 Å². The van der Waals surface area contributed by atoms with Crippen molar-refractivity contribution >= 4 is 34.0 Å². The first-order valence-electron chi connectivity index (χ1n) is 5.74. The fourth-order valence-corrected chi connectivity index (χ4v) is 3.56. The SMILES string of the molecule is NC(CS(=O)c1ccc(Cl)c(Cl)c1)C1CCOC1. The lowest BCUT2D eigenvalue weighted by Gasteiger charge is -2.17. The smallest absolute Gasteiger partial charge is 0.0604 e. The normalized spacial score (nSPS) is 22.9. The van der Waals surface area contributed by atoms with E-state index < -0.39 is 10.8 Å². The van der Waals surface area contributed by atoms with Crippen molar-refractivity contribution in [3.63, 3.8) is 0 Å². The molecule has 0 aliphatic carbocycles. The van der Waals surface area contributed by atoms with Gasteiger partial charge < -0.3 is 10.5 Å². The highest BCUT2D eigenvalue weighted by molar-refractivity contribution is 7.85. The third kappa shape index (κ3) is 3.45. The molecular weight excluding hydrogens is 293 g/mol. The molecule has 2 rings (SSSR count). The van der Waals surface area contributed by atoms with Crippen molar-refractivity contribution in [1.29, 1.82) is 0 Å². The van der Waals surface area contributed by atoms with Crippen LogP contribution < -0.4 is 5.73 Å². The summed E-state index contributed by atoms with van der Waals surface area (Å²) in [5.74, 6) is 0.725. The zero-order valence-electron chi connectivity index (χ0n) is 9.77. The molecule has 3 atom stereocenters. The van der Waals surface area contributed by atoms with Crippen LogP contribution in [0, 0.1) is 5.92 Å². The summed E-state index contributed by atoms with van der Waals surface area (Å²) in [5, 5.41) is 0.881. The minimum Gasteiger partial charge on any atom is -0.381 e. The highest BCUT2D eigenvalue weighted by Gasteiger charge is 2.24. The van der Waals surface area contributed by atoms with E-state index in [1.165, 1.54) is 0 Å². The van der Waals surface area contributed by atoms with Gasteiger partial charge in [-0.15, -0.1) is 0 Å². The highest BCUT2D eigenvalue weighted by Crippen LogP contribution is 2.25. The van der Waals surface area contributed by atoms with Gasteiger partial charge in [0.25, 0.3) is 0 Å². The molecule has 6 heteroatoms. The monoisotopic (exact) mass is 307 g/mol. The summed E-state index contributed by atoms with van der Waals surface area (Å²) in [6.07, 6.45) is 0.944. The quantitative estimate of drug-likeness (QED) is 0.929. The molecule has 0 radical (unpaired) electrons. The minimum absolute atomic E-state index is 0.109. The maximum atomic E-state index is 12.2. The second-order valence-corrected chi connectivity index (χ2v) is 6.69. The van der Waals surface area contributed by atoms with Crippen LogP contribution in [-0.4, -0.2) is 29.2 Å². The fourth-order valence-electron chi connectivity index (χ4n) is 1.92. The molecule has 1 saturated heterocycles. The van der Waals surface area contributed by atoms with Crippen molar-refractivity contribution in [3.05, 3.63) is 28.2 Å². The topological polar surface area (TPSA) is 52.3 Å². The van der Waals surface area contributed by atoms with Crippen molar-refractivity contribution in [2.75, 3.05) is 19.0 Å². The van der Waals surface area contributed by atoms with Crippen LogP contribution in [0.15, 0.2) is 23.1 Å². The van der Waals surface area contributed by atoms with Crippen molar-refractivity contribution < 1.29 is 8.95 Å². The molecule has 18 heavy (non-hydrogen) atoms. The van der Waals surface area contributed by atoms with Crippen LogP contribution in [0.5, 0.6) is 0 Å². The van der Waals surface area contributed by atoms with E-state index in [-0.39, 0.29) is 6.04 Å². The Bertz CT molecular complexity index is 450. The van der Waals surface area contributed by atoms with E-state index in [1.807, 2.05) is 0 Å². The molecule has 3 nitrogen and oxygen atoms in total. The highest BCUT2D eigenvalue weighted by atomic mass is 35.5. The second kappa shape index (κ2) is 6.35. The van der Waals surface area contributed by atoms with E-state index >= 15 is 0 Å². The summed E-state index contributed by atoms with van der Waals surface area (Å²) < 4.78 is 17.4. The van der Waals surface area contributed by atoms with E-state index in [0.717, 1.165) is 13.0 Å². The maximum Gasteiger partial charge on any atom is 0.0604 e. The number of halogens is 2. The summed E-state index contributed by atoms with van der Waals surface area (Å²) >= 11 is 11.7. The molecule has 0 spiro atoms. The van der Waals surface area contributed by atoms with Gasteiger partial charge in [0.05, 0.1) is 27.5 Å². The average molecular weight is 308 g/mol. The van der Waals surface area contributed by atoms with Crippen molar-refractivity contribution in [2.45, 2.75) is 17.4 Å². The van der Waals surface area contributed by atoms with Gasteiger partial charge in [0.15, 0.2) is 0 Å². The molecule has 0 bridgehead atoms. The fraction of sp³-hybridized carbons (Fsp3) is 0.500. The van der Waals surface area contributed by atoms with Crippen LogP contribution in [0.4, 0.5) is 0 Å². The van der Waals surface area contributed by atoms with Gasteiger partial charge in [-0.25, -0.2) is 0 Å². The molecule has 0 amide bonds. The number of ether oxygens (including phenoxy) is 1. The second-order valence-electron chi connectivity index (χ2n) is 4.38. The molecule has 3 unspecified atom stereocenters. The third-order valence-corrected chi connectivity index (χ3v) is 5.27. The first kappa shape index (κ1) is 14.3. The standard InChI is InChI=1S/C12H15Cl2NO2S/c13-10-2-1-9(5-11(10)14)18(16)7-12(15)8-3-4-17-6-8/h1-2,5,8,12H,3-4,6-7,15H2. The van der Waals surface area contributed by atoms with Crippen molar-refractivity contribution in [1.82, 2.24) is 0 Å². The summed E-state index contributed by atoms with van der Waals surface area (Å²) in [6, 6.07) is 4.91. The molecule has 1 aliphatic rings. The number of hydrogen-bond donors (Lipinski definition) is 1. The van der Waals surface area contributed by atoms with Crippen molar-refractivity contribution in [3.8, 4) is 0 Å². The summed E-state index contributed by atoms with van der Waals surface area (Å²) in [7, 11) is -1.15. The Morgan fingerprint density at radius 1 is 1.44 bits per heavy atom. The summed E-state index contributed by atoms with van der Waals surface area (Å²) in [4.78, 5) is 0.666. The molecule has 1 heterocycles. The van der Waals surface area contributed by atoms with Gasteiger partial charge in [-0.1, -0.05) is 23.2 Å². The Kier molecular flexibility index (Phi) is 5.04. The zero-order chi connectivity index (χ0) is 13.1. The summed E-state index contributed by atoms with van der Waals surface area (Å²) in [5.41, 5.74) is 6.05. The average Bonchev–Trinajstić information content (AvgIpc) is 2.86. The molecule has 1 aromatic rings. The van der Waals surface area contributed by atoms with Gasteiger partial charge in [0.2, 0.25) is 0 Å². The van der Waals surface area contributed by atoms with E-state index in [2.05, 4.69) is 0 Å². The molecule has 1 aromatic carbocycles. The molecule has 0 aromatic heterocycles. The van der Waals surface area contributed by atoms with Crippen LogP contribution in [-0.2, 0) is 15.5 Å². The molecule has 1 fully saturated rings. The van der Waals surface area contributed by atoms with Crippen molar-refractivity contribution in [2.24, 2.45) is 11.7 Å². The first-order chi connectivity index (χ1) is 8.58. The third-order valence-electron chi connectivity index (χ3n) is 3.07. The van der Waals surface area contributed by atoms with Gasteiger partial charge in [0, 0.05) is 29.2 Å². The Hall–Kier alpha value is -0.130. The number of rotatable bonds is 4. The molecule has 2 N–H and O–H groups in total. The van der Waals surface area contributed by atoms with Crippen LogP contribution in [0.1, 0.15) is 6.42 Å². The first-order valence-corrected chi connectivity index (χ1v) is 7.82. The lowest BCUT2D eigenvalue weighted by atomic mass is 10.0. The molecule has 100 valence electrons. The number of hydrogen-bond acceptors (Lipinski definition) is 3. The molecule has 0 saturated carbocycles. The van der Waals surface area contributed by atoms with Gasteiger partial charge in [-0.05, 0) is 24.6 Å². The van der Waals surface area contributed by atoms with Gasteiger partial charge in [-0.3, -0.25) is 4.21 Å². The van der Waals surface area contributed by atoms with Crippen LogP contribution >= 0.6 is 23.2 Å². The summed E-state index contributed by atoms with van der Waals surface area (Å²) in [6.45, 7) is 1.41. The number of nitrogens with two attached hydrogens (primary N) is 1. The lowest BCUT2D eigenvalue weighted by Crippen LogP contribution is -2.35. The van der Waals surface area contributed by atoms with E-state index in [9.17, 15) is 4.21 Å². The number of benzene rings is 1. The van der Waals surface area contributed by atoms with Crippen LogP contribution in [0.3, 0.4) is 0 Å². The van der Waals surface area contributed by atoms with Gasteiger partial charge in [0.1, 0.15) is 0 Å². The predicted octanol–water partition coefficient (Wildman–Crippen LogP) is 2.46. The molecular formula is C12H15Cl2NO2S. The maximum absolute atomic E-state index is 12.2. The largest absolute Gasteiger partial charge is 0.381 e. The van der Waals surface area contributed by atoms with Gasteiger partial charge in [-0.2, -0.15) is 0 Å². The zero-order valence-corrected chi connectivity index (χ0v) is 12.1. The van der Waals surface area contributed by atoms with E-state index in [0.29, 0.717) is 33.2 Å².